The van der Waals surface area contributed by atoms with Crippen molar-refractivity contribution in [1.29, 1.82) is 0 Å². The number of methoxy groups -OCH3 is 1. The molecule has 108 valence electrons. The predicted octanol–water partition coefficient (Wildman–Crippen LogP) is 3.34. The topological polar surface area (TPSA) is 68.1 Å². The summed E-state index contributed by atoms with van der Waals surface area (Å²) in [5.41, 5.74) is 1.93. The third kappa shape index (κ3) is 1.87. The zero-order valence-electron chi connectivity index (χ0n) is 11.8. The van der Waals surface area contributed by atoms with Crippen LogP contribution in [0.15, 0.2) is 57.7 Å². The number of nitrogens with one attached hydrogen (secondary N) is 1. The molecule has 2 heterocycles. The van der Waals surface area contributed by atoms with Gasteiger partial charge >= 0.3 is 0 Å². The molecule has 0 saturated heterocycles. The first-order chi connectivity index (χ1) is 10.8. The third-order valence-electron chi connectivity index (χ3n) is 3.58. The van der Waals surface area contributed by atoms with E-state index in [0.29, 0.717) is 22.7 Å². The first kappa shape index (κ1) is 12.6. The number of aromatic amines is 1. The fourth-order valence-corrected chi connectivity index (χ4v) is 2.49. The van der Waals surface area contributed by atoms with Crippen molar-refractivity contribution in [3.05, 3.63) is 58.9 Å². The van der Waals surface area contributed by atoms with E-state index < -0.39 is 0 Å². The molecular formula is C17H12N2O3. The normalized spacial score (nSPS) is 11.1. The van der Waals surface area contributed by atoms with E-state index in [2.05, 4.69) is 9.97 Å². The number of aromatic nitrogens is 2. The summed E-state index contributed by atoms with van der Waals surface area (Å²) in [4.78, 5) is 19.6. The van der Waals surface area contributed by atoms with Crippen molar-refractivity contribution in [2.45, 2.75) is 0 Å². The van der Waals surface area contributed by atoms with Crippen molar-refractivity contribution in [3.63, 3.8) is 0 Å². The van der Waals surface area contributed by atoms with Crippen molar-refractivity contribution in [2.75, 3.05) is 7.11 Å². The van der Waals surface area contributed by atoms with Gasteiger partial charge in [-0.05, 0) is 18.2 Å². The summed E-state index contributed by atoms with van der Waals surface area (Å²) in [7, 11) is 1.60. The van der Waals surface area contributed by atoms with E-state index >= 15 is 0 Å². The van der Waals surface area contributed by atoms with E-state index in [-0.39, 0.29) is 11.1 Å². The van der Waals surface area contributed by atoms with Crippen LogP contribution in [-0.2, 0) is 0 Å². The Balaban J connectivity index is 2.07. The quantitative estimate of drug-likeness (QED) is 0.615. The van der Waals surface area contributed by atoms with Crippen LogP contribution in [0.5, 0.6) is 5.75 Å². The Bertz CT molecular complexity index is 1030. The highest BCUT2D eigenvalue weighted by Gasteiger charge is 2.14. The van der Waals surface area contributed by atoms with Crippen molar-refractivity contribution in [3.8, 4) is 17.1 Å². The molecule has 0 unspecified atom stereocenters. The standard InChI is InChI=1S/C17H12N2O3/c1-21-11-7-8-13-12(9-11)14-15(22-13)17(20)19-16(18-14)10-5-3-2-4-6-10/h2-9H,1H3,(H,18,19,20). The van der Waals surface area contributed by atoms with Gasteiger partial charge < -0.3 is 14.1 Å². The van der Waals surface area contributed by atoms with E-state index in [4.69, 9.17) is 9.15 Å². The Morgan fingerprint density at radius 2 is 1.95 bits per heavy atom. The van der Waals surface area contributed by atoms with Gasteiger partial charge in [-0.3, -0.25) is 4.79 Å². The average molecular weight is 292 g/mol. The number of nitrogens with zero attached hydrogens (tertiary/aromatic N) is 1. The lowest BCUT2D eigenvalue weighted by Gasteiger charge is -2.00. The van der Waals surface area contributed by atoms with Crippen molar-refractivity contribution < 1.29 is 9.15 Å². The predicted molar refractivity (Wildman–Crippen MR) is 84.1 cm³/mol. The summed E-state index contributed by atoms with van der Waals surface area (Å²) in [6.07, 6.45) is 0. The molecule has 0 bridgehead atoms. The molecule has 0 aliphatic carbocycles. The van der Waals surface area contributed by atoms with E-state index in [0.717, 1.165) is 10.9 Å². The monoisotopic (exact) mass is 292 g/mol. The molecule has 0 fully saturated rings. The molecule has 0 atom stereocenters. The van der Waals surface area contributed by atoms with Crippen LogP contribution >= 0.6 is 0 Å². The minimum Gasteiger partial charge on any atom is -0.497 e. The van der Waals surface area contributed by atoms with Gasteiger partial charge in [0.1, 0.15) is 22.7 Å². The Morgan fingerprint density at radius 1 is 1.14 bits per heavy atom. The number of hydrogen-bond acceptors (Lipinski definition) is 4. The number of H-pyrrole nitrogens is 1. The second-order valence-corrected chi connectivity index (χ2v) is 4.92. The minimum absolute atomic E-state index is 0.225. The molecule has 0 aliphatic rings. The molecule has 2 aromatic carbocycles. The maximum Gasteiger partial charge on any atom is 0.294 e. The maximum absolute atomic E-state index is 12.3. The summed E-state index contributed by atoms with van der Waals surface area (Å²) < 4.78 is 10.8. The van der Waals surface area contributed by atoms with Crippen molar-refractivity contribution >= 4 is 22.1 Å². The minimum atomic E-state index is -0.293. The van der Waals surface area contributed by atoms with E-state index in [9.17, 15) is 4.79 Å². The van der Waals surface area contributed by atoms with Gasteiger partial charge in [-0.25, -0.2) is 4.98 Å². The van der Waals surface area contributed by atoms with Crippen LogP contribution < -0.4 is 10.3 Å². The fraction of sp³-hybridized carbons (Fsp3) is 0.0588. The van der Waals surface area contributed by atoms with Crippen LogP contribution in [0.1, 0.15) is 0 Å². The molecule has 1 N–H and O–H groups in total. The van der Waals surface area contributed by atoms with Crippen LogP contribution in [0.2, 0.25) is 0 Å². The molecule has 2 aromatic heterocycles. The van der Waals surface area contributed by atoms with Crippen LogP contribution in [0.25, 0.3) is 33.5 Å². The fourth-order valence-electron chi connectivity index (χ4n) is 2.49. The lowest BCUT2D eigenvalue weighted by atomic mass is 10.2. The van der Waals surface area contributed by atoms with Gasteiger partial charge in [-0.2, -0.15) is 0 Å². The maximum atomic E-state index is 12.3. The molecule has 4 rings (SSSR count). The highest BCUT2D eigenvalue weighted by molar-refractivity contribution is 6.03. The van der Waals surface area contributed by atoms with Crippen LogP contribution in [-0.4, -0.2) is 17.1 Å². The third-order valence-corrected chi connectivity index (χ3v) is 3.58. The smallest absolute Gasteiger partial charge is 0.294 e. The number of furan rings is 1. The highest BCUT2D eigenvalue weighted by atomic mass is 16.5. The molecule has 0 spiro atoms. The number of rotatable bonds is 2. The lowest BCUT2D eigenvalue weighted by molar-refractivity contribution is 0.415. The second-order valence-electron chi connectivity index (χ2n) is 4.92. The molecule has 4 aromatic rings. The summed E-state index contributed by atoms with van der Waals surface area (Å²) in [6, 6.07) is 14.9. The summed E-state index contributed by atoms with van der Waals surface area (Å²) in [6.45, 7) is 0. The average Bonchev–Trinajstić information content (AvgIpc) is 2.94. The van der Waals surface area contributed by atoms with Gasteiger partial charge in [0.2, 0.25) is 5.58 Å². The SMILES string of the molecule is COc1ccc2oc3c(=O)[nH]c(-c4ccccc4)nc3c2c1. The Labute approximate surface area is 125 Å². The molecule has 0 aliphatic heterocycles. The Hall–Kier alpha value is -3.08. The molecule has 0 saturated carbocycles. The molecule has 0 radical (unpaired) electrons. The first-order valence-electron chi connectivity index (χ1n) is 6.82. The molecule has 5 nitrogen and oxygen atoms in total. The van der Waals surface area contributed by atoms with Crippen molar-refractivity contribution in [1.82, 2.24) is 9.97 Å². The number of benzene rings is 2. The van der Waals surface area contributed by atoms with Crippen LogP contribution in [0, 0.1) is 0 Å². The van der Waals surface area contributed by atoms with Gasteiger partial charge in [0.05, 0.1) is 12.5 Å². The first-order valence-corrected chi connectivity index (χ1v) is 6.82. The van der Waals surface area contributed by atoms with Gasteiger partial charge in [-0.1, -0.05) is 30.3 Å². The highest BCUT2D eigenvalue weighted by Crippen LogP contribution is 2.29. The zero-order chi connectivity index (χ0) is 15.1. The van der Waals surface area contributed by atoms with Crippen LogP contribution in [0.4, 0.5) is 0 Å². The summed E-state index contributed by atoms with van der Waals surface area (Å²) in [5.74, 6) is 1.21. The summed E-state index contributed by atoms with van der Waals surface area (Å²) in [5, 5.41) is 0.762. The van der Waals surface area contributed by atoms with Crippen molar-refractivity contribution in [2.24, 2.45) is 0 Å². The van der Waals surface area contributed by atoms with Gasteiger partial charge in [0.25, 0.3) is 5.56 Å². The number of hydrogen-bond donors (Lipinski definition) is 1. The second kappa shape index (κ2) is 4.73. The Kier molecular flexibility index (Phi) is 2.72. The summed E-state index contributed by atoms with van der Waals surface area (Å²) >= 11 is 0. The largest absolute Gasteiger partial charge is 0.497 e. The van der Waals surface area contributed by atoms with E-state index in [1.807, 2.05) is 36.4 Å². The molecule has 0 amide bonds. The lowest BCUT2D eigenvalue weighted by Crippen LogP contribution is -2.08. The number of fused-ring (bicyclic) bond motifs is 3. The molecule has 5 heteroatoms. The number of ether oxygens (including phenoxy) is 1. The van der Waals surface area contributed by atoms with Crippen LogP contribution in [0.3, 0.4) is 0 Å². The molecular weight excluding hydrogens is 280 g/mol. The Morgan fingerprint density at radius 3 is 2.73 bits per heavy atom. The van der Waals surface area contributed by atoms with E-state index in [1.165, 1.54) is 0 Å². The van der Waals surface area contributed by atoms with Gasteiger partial charge in [0.15, 0.2) is 0 Å². The van der Waals surface area contributed by atoms with Gasteiger partial charge in [-0.15, -0.1) is 0 Å². The zero-order valence-corrected chi connectivity index (χ0v) is 11.8. The van der Waals surface area contributed by atoms with Gasteiger partial charge in [0, 0.05) is 5.56 Å². The molecule has 22 heavy (non-hydrogen) atoms. The van der Waals surface area contributed by atoms with E-state index in [1.54, 1.807) is 19.2 Å².